The Labute approximate surface area is 198 Å². The van der Waals surface area contributed by atoms with Crippen molar-refractivity contribution in [2.75, 3.05) is 18.1 Å². The van der Waals surface area contributed by atoms with Crippen molar-refractivity contribution in [3.8, 4) is 11.6 Å². The molecule has 0 spiro atoms. The molecule has 0 radical (unpaired) electrons. The van der Waals surface area contributed by atoms with E-state index in [2.05, 4.69) is 4.98 Å². The quantitative estimate of drug-likeness (QED) is 0.443. The molecule has 1 aliphatic rings. The van der Waals surface area contributed by atoms with Gasteiger partial charge >= 0.3 is 5.97 Å². The van der Waals surface area contributed by atoms with Gasteiger partial charge in [-0.15, -0.1) is 0 Å². The molecule has 3 heterocycles. The molecular formula is C26H21F2N3O4. The first kappa shape index (κ1) is 22.5. The minimum absolute atomic E-state index is 0.178. The summed E-state index contributed by atoms with van der Waals surface area (Å²) >= 11 is 0. The average Bonchev–Trinajstić information content (AvgIpc) is 3.32. The summed E-state index contributed by atoms with van der Waals surface area (Å²) < 4.78 is 38.6. The lowest BCUT2D eigenvalue weighted by Crippen LogP contribution is -2.36. The predicted molar refractivity (Wildman–Crippen MR) is 127 cm³/mol. The molecule has 0 unspecified atom stereocenters. The second-order valence-electron chi connectivity index (χ2n) is 8.27. The van der Waals surface area contributed by atoms with Gasteiger partial charge in [0.05, 0.1) is 16.9 Å². The van der Waals surface area contributed by atoms with Crippen LogP contribution in [0.4, 0.5) is 14.5 Å². The first-order valence-electron chi connectivity index (χ1n) is 11.1. The number of nitrogens with zero attached hydrogens (tertiary/aromatic N) is 3. The van der Waals surface area contributed by atoms with E-state index in [1.54, 1.807) is 59.6 Å². The zero-order valence-corrected chi connectivity index (χ0v) is 18.5. The number of halogens is 2. The van der Waals surface area contributed by atoms with Crippen LogP contribution in [0.25, 0.3) is 16.6 Å². The van der Waals surface area contributed by atoms with Gasteiger partial charge in [-0.3, -0.25) is 4.79 Å². The van der Waals surface area contributed by atoms with Gasteiger partial charge in [0.1, 0.15) is 23.7 Å². The number of rotatable bonds is 6. The minimum Gasteiger partial charge on any atom is -0.477 e. The van der Waals surface area contributed by atoms with Crippen molar-refractivity contribution in [3.63, 3.8) is 0 Å². The molecule has 2 aromatic heterocycles. The summed E-state index contributed by atoms with van der Waals surface area (Å²) in [6, 6.07) is 14.3. The molecule has 0 bridgehead atoms. The van der Waals surface area contributed by atoms with Crippen LogP contribution in [0.5, 0.6) is 5.88 Å². The number of aromatic carboxylic acids is 1. The van der Waals surface area contributed by atoms with Gasteiger partial charge in [-0.2, -0.15) is 0 Å². The Bertz CT molecular complexity index is 1460. The number of carboxylic acid groups (broad SMARTS) is 1. The number of fused-ring (bicyclic) bond motifs is 1. The summed E-state index contributed by atoms with van der Waals surface area (Å²) in [5.41, 5.74) is -1.53. The zero-order chi connectivity index (χ0) is 24.5. The number of anilines is 1. The van der Waals surface area contributed by atoms with Gasteiger partial charge in [-0.25, -0.2) is 18.6 Å². The normalized spacial score (nSPS) is 15.5. The molecule has 35 heavy (non-hydrogen) atoms. The largest absolute Gasteiger partial charge is 0.477 e. The van der Waals surface area contributed by atoms with Crippen LogP contribution >= 0.6 is 0 Å². The van der Waals surface area contributed by atoms with Gasteiger partial charge in [0, 0.05) is 30.7 Å². The maximum atomic E-state index is 16.1. The highest BCUT2D eigenvalue weighted by molar-refractivity contribution is 5.94. The zero-order valence-electron chi connectivity index (χ0n) is 18.5. The van der Waals surface area contributed by atoms with E-state index in [0.717, 1.165) is 12.3 Å². The van der Waals surface area contributed by atoms with Crippen LogP contribution in [-0.2, 0) is 0 Å². The third-order valence-corrected chi connectivity index (χ3v) is 6.15. The highest BCUT2D eigenvalue weighted by atomic mass is 19.1. The number of benzene rings is 2. The molecule has 1 fully saturated rings. The number of para-hydroxylation sites is 1. The van der Waals surface area contributed by atoms with E-state index in [9.17, 15) is 14.7 Å². The molecule has 5 rings (SSSR count). The molecule has 2 aromatic carbocycles. The van der Waals surface area contributed by atoms with E-state index >= 15 is 8.78 Å². The van der Waals surface area contributed by atoms with Crippen LogP contribution in [-0.4, -0.2) is 39.8 Å². The van der Waals surface area contributed by atoms with Gasteiger partial charge in [0.15, 0.2) is 5.82 Å². The van der Waals surface area contributed by atoms with Crippen molar-refractivity contribution in [1.82, 2.24) is 9.55 Å². The topological polar surface area (TPSA) is 84.7 Å². The molecule has 9 heteroatoms. The Hall–Kier alpha value is -4.27. The van der Waals surface area contributed by atoms with Gasteiger partial charge < -0.3 is 19.3 Å². The fourth-order valence-electron chi connectivity index (χ4n) is 4.53. The molecule has 1 saturated heterocycles. The summed E-state index contributed by atoms with van der Waals surface area (Å²) in [6.07, 6.45) is 4.04. The predicted octanol–water partition coefficient (Wildman–Crippen LogP) is 4.41. The van der Waals surface area contributed by atoms with Crippen LogP contribution in [0.3, 0.4) is 0 Å². The third kappa shape index (κ3) is 4.09. The summed E-state index contributed by atoms with van der Waals surface area (Å²) in [7, 11) is 0. The Morgan fingerprint density at radius 3 is 2.63 bits per heavy atom. The Morgan fingerprint density at radius 2 is 1.91 bits per heavy atom. The van der Waals surface area contributed by atoms with Crippen molar-refractivity contribution in [2.45, 2.75) is 18.9 Å². The second kappa shape index (κ2) is 9.17. The van der Waals surface area contributed by atoms with E-state index in [1.807, 2.05) is 0 Å². The van der Waals surface area contributed by atoms with Crippen LogP contribution in [0.1, 0.15) is 23.2 Å². The second-order valence-corrected chi connectivity index (χ2v) is 8.27. The number of ether oxygens (including phenoxy) is 1. The number of hydrogen-bond acceptors (Lipinski definition) is 5. The highest BCUT2D eigenvalue weighted by Gasteiger charge is 2.32. The van der Waals surface area contributed by atoms with Crippen LogP contribution in [0.2, 0.25) is 0 Å². The maximum absolute atomic E-state index is 16.1. The van der Waals surface area contributed by atoms with Crippen LogP contribution in [0, 0.1) is 11.6 Å². The van der Waals surface area contributed by atoms with Crippen molar-refractivity contribution in [2.24, 2.45) is 0 Å². The monoisotopic (exact) mass is 477 g/mol. The number of carbonyl (C=O) groups is 1. The Balaban J connectivity index is 1.65. The van der Waals surface area contributed by atoms with Crippen molar-refractivity contribution in [3.05, 3.63) is 94.4 Å². The van der Waals surface area contributed by atoms with Gasteiger partial charge in [0.25, 0.3) is 0 Å². The first-order valence-corrected chi connectivity index (χ1v) is 11.1. The fraction of sp³-hybridized carbons (Fsp3) is 0.192. The van der Waals surface area contributed by atoms with E-state index < -0.39 is 28.6 Å². The standard InChI is InChI=1S/C26H21F2N3O4/c27-20-13-18-23(31(16-7-2-1-3-8-16)14-19(25(18)32)26(33)34)22(28)24(20)30-12-6-9-17(30)15-35-21-10-4-5-11-29-21/h1-5,7-8,10-11,13-14,17H,6,9,12,15H2,(H,33,34)/t17-/m0/s1. The molecule has 0 amide bonds. The van der Waals surface area contributed by atoms with Crippen molar-refractivity contribution < 1.29 is 23.4 Å². The van der Waals surface area contributed by atoms with E-state index in [0.29, 0.717) is 31.0 Å². The number of carboxylic acids is 1. The third-order valence-electron chi connectivity index (χ3n) is 6.15. The fourth-order valence-corrected chi connectivity index (χ4v) is 4.53. The number of pyridine rings is 2. The van der Waals surface area contributed by atoms with E-state index in [1.165, 1.54) is 4.57 Å². The molecule has 0 saturated carbocycles. The minimum atomic E-state index is -1.47. The average molecular weight is 477 g/mol. The van der Waals surface area contributed by atoms with Gasteiger partial charge in [-0.1, -0.05) is 24.3 Å². The Kier molecular flexibility index (Phi) is 5.90. The smallest absolute Gasteiger partial charge is 0.341 e. The number of hydrogen-bond donors (Lipinski definition) is 1. The lowest BCUT2D eigenvalue weighted by atomic mass is 10.1. The van der Waals surface area contributed by atoms with Crippen molar-refractivity contribution >= 4 is 22.6 Å². The molecule has 1 aliphatic heterocycles. The molecule has 4 aromatic rings. The molecule has 178 valence electrons. The molecule has 1 N–H and O–H groups in total. The summed E-state index contributed by atoms with van der Waals surface area (Å²) in [5.74, 6) is -2.92. The highest BCUT2D eigenvalue weighted by Crippen LogP contribution is 2.35. The molecule has 0 aliphatic carbocycles. The summed E-state index contributed by atoms with van der Waals surface area (Å²) in [6.45, 7) is 0.579. The number of aromatic nitrogens is 2. The lowest BCUT2D eigenvalue weighted by molar-refractivity contribution is 0.0695. The molecule has 1 atom stereocenters. The molecular weight excluding hydrogens is 456 g/mol. The van der Waals surface area contributed by atoms with Gasteiger partial charge in [-0.05, 0) is 37.1 Å². The first-order chi connectivity index (χ1) is 17.0. The summed E-state index contributed by atoms with van der Waals surface area (Å²) in [5, 5.41) is 9.18. The Morgan fingerprint density at radius 1 is 1.14 bits per heavy atom. The van der Waals surface area contributed by atoms with Crippen molar-refractivity contribution in [1.29, 1.82) is 0 Å². The van der Waals surface area contributed by atoms with Gasteiger partial charge in [0.2, 0.25) is 11.3 Å². The van der Waals surface area contributed by atoms with E-state index in [4.69, 9.17) is 4.74 Å². The SMILES string of the molecule is O=C(O)c1cn(-c2ccccc2)c2c(F)c(N3CCC[C@H]3COc3ccccn3)c(F)cc2c1=O. The summed E-state index contributed by atoms with van der Waals surface area (Å²) in [4.78, 5) is 30.3. The van der Waals surface area contributed by atoms with E-state index in [-0.39, 0.29) is 29.2 Å². The maximum Gasteiger partial charge on any atom is 0.341 e. The molecule has 7 nitrogen and oxygen atoms in total. The lowest BCUT2D eigenvalue weighted by Gasteiger charge is -2.28. The van der Waals surface area contributed by atoms with Crippen LogP contribution < -0.4 is 15.1 Å². The van der Waals surface area contributed by atoms with Crippen LogP contribution in [0.15, 0.2) is 71.8 Å².